The minimum Gasteiger partial charge on any atom is -0.467 e. The number of hydrogen-bond donors (Lipinski definition) is 2. The smallest absolute Gasteiger partial charge is 0.328 e. The number of methoxy groups -OCH3 is 1. The summed E-state index contributed by atoms with van der Waals surface area (Å²) < 4.78 is 4.71. The van der Waals surface area contributed by atoms with Crippen molar-refractivity contribution in [3.63, 3.8) is 0 Å². The number of aromatic nitrogens is 3. The Labute approximate surface area is 124 Å². The molecule has 0 bridgehead atoms. The zero-order valence-electron chi connectivity index (χ0n) is 13.5. The fraction of sp³-hybridized carbons (Fsp3) is 0.714. The number of esters is 1. The number of H-pyrrole nitrogens is 1. The van der Waals surface area contributed by atoms with Gasteiger partial charge in [0.05, 0.1) is 7.11 Å². The van der Waals surface area contributed by atoms with Crippen molar-refractivity contribution in [2.75, 3.05) is 7.11 Å². The molecule has 0 aliphatic heterocycles. The molecule has 0 aromatic carbocycles. The summed E-state index contributed by atoms with van der Waals surface area (Å²) >= 11 is 0. The van der Waals surface area contributed by atoms with E-state index in [1.165, 1.54) is 7.11 Å². The van der Waals surface area contributed by atoms with Gasteiger partial charge in [0, 0.05) is 5.41 Å². The van der Waals surface area contributed by atoms with Crippen LogP contribution in [-0.2, 0) is 14.9 Å². The second-order valence-corrected chi connectivity index (χ2v) is 6.44. The summed E-state index contributed by atoms with van der Waals surface area (Å²) in [7, 11) is 1.30. The summed E-state index contributed by atoms with van der Waals surface area (Å²) in [5, 5.41) is 9.27. The molecule has 7 nitrogen and oxygen atoms in total. The minimum absolute atomic E-state index is 0.0255. The summed E-state index contributed by atoms with van der Waals surface area (Å²) in [4.78, 5) is 28.0. The molecule has 1 aromatic rings. The van der Waals surface area contributed by atoms with Crippen LogP contribution < -0.4 is 5.32 Å². The molecule has 21 heavy (non-hydrogen) atoms. The van der Waals surface area contributed by atoms with E-state index in [9.17, 15) is 9.59 Å². The van der Waals surface area contributed by atoms with Gasteiger partial charge in [0.25, 0.3) is 5.91 Å². The van der Waals surface area contributed by atoms with Crippen molar-refractivity contribution < 1.29 is 14.3 Å². The van der Waals surface area contributed by atoms with Crippen LogP contribution in [0.2, 0.25) is 0 Å². The minimum atomic E-state index is -0.695. The standard InChI is InChI=1S/C14H24N4O3/c1-8(2)7-9(12(20)21-6)15-11(19)10-16-13(18-17-10)14(3,4)5/h8-9H,7H2,1-6H3,(H,15,19)(H,16,17,18). The van der Waals surface area contributed by atoms with Crippen LogP contribution >= 0.6 is 0 Å². The molecule has 1 aromatic heterocycles. The number of nitrogens with zero attached hydrogens (tertiary/aromatic N) is 2. The topological polar surface area (TPSA) is 97.0 Å². The summed E-state index contributed by atoms with van der Waals surface area (Å²) in [6.07, 6.45) is 0.495. The van der Waals surface area contributed by atoms with E-state index >= 15 is 0 Å². The predicted molar refractivity (Wildman–Crippen MR) is 77.8 cm³/mol. The Balaban J connectivity index is 2.82. The zero-order valence-corrected chi connectivity index (χ0v) is 13.5. The monoisotopic (exact) mass is 296 g/mol. The molecule has 0 radical (unpaired) electrons. The van der Waals surface area contributed by atoms with Gasteiger partial charge in [0.2, 0.25) is 5.82 Å². The van der Waals surface area contributed by atoms with E-state index in [-0.39, 0.29) is 17.2 Å². The van der Waals surface area contributed by atoms with E-state index in [1.807, 2.05) is 34.6 Å². The van der Waals surface area contributed by atoms with Gasteiger partial charge >= 0.3 is 5.97 Å². The van der Waals surface area contributed by atoms with Crippen molar-refractivity contribution in [1.29, 1.82) is 0 Å². The van der Waals surface area contributed by atoms with Gasteiger partial charge < -0.3 is 10.1 Å². The first-order chi connectivity index (χ1) is 9.65. The molecule has 1 atom stereocenters. The summed E-state index contributed by atoms with van der Waals surface area (Å²) in [6.45, 7) is 9.82. The Bertz CT molecular complexity index is 503. The third kappa shape index (κ3) is 4.84. The van der Waals surface area contributed by atoms with Crippen LogP contribution in [0.5, 0.6) is 0 Å². The maximum Gasteiger partial charge on any atom is 0.328 e. The number of carbonyl (C=O) groups is 2. The van der Waals surface area contributed by atoms with Gasteiger partial charge in [-0.15, -0.1) is 5.10 Å². The maximum atomic E-state index is 12.1. The van der Waals surface area contributed by atoms with Gasteiger partial charge in [-0.25, -0.2) is 9.78 Å². The molecule has 1 heterocycles. The van der Waals surface area contributed by atoms with Gasteiger partial charge in [-0.05, 0) is 12.3 Å². The van der Waals surface area contributed by atoms with Gasteiger partial charge in [-0.1, -0.05) is 34.6 Å². The molecule has 0 fully saturated rings. The fourth-order valence-corrected chi connectivity index (χ4v) is 1.75. The van der Waals surface area contributed by atoms with Crippen molar-refractivity contribution in [2.45, 2.75) is 52.5 Å². The molecule has 0 saturated carbocycles. The van der Waals surface area contributed by atoms with E-state index < -0.39 is 17.9 Å². The fourth-order valence-electron chi connectivity index (χ4n) is 1.75. The highest BCUT2D eigenvalue weighted by atomic mass is 16.5. The van der Waals surface area contributed by atoms with E-state index in [1.54, 1.807) is 0 Å². The van der Waals surface area contributed by atoms with Crippen molar-refractivity contribution in [2.24, 2.45) is 5.92 Å². The van der Waals surface area contributed by atoms with Crippen LogP contribution in [0.4, 0.5) is 0 Å². The lowest BCUT2D eigenvalue weighted by atomic mass is 9.96. The lowest BCUT2D eigenvalue weighted by Gasteiger charge is -2.17. The van der Waals surface area contributed by atoms with Crippen molar-refractivity contribution >= 4 is 11.9 Å². The number of amides is 1. The maximum absolute atomic E-state index is 12.1. The van der Waals surface area contributed by atoms with Crippen LogP contribution in [0.1, 0.15) is 57.5 Å². The molecule has 1 rings (SSSR count). The summed E-state index contributed by atoms with van der Waals surface area (Å²) in [6, 6.07) is -0.695. The molecular formula is C14H24N4O3. The van der Waals surface area contributed by atoms with Gasteiger partial charge in [-0.3, -0.25) is 9.89 Å². The Morgan fingerprint density at radius 1 is 1.33 bits per heavy atom. The van der Waals surface area contributed by atoms with Crippen molar-refractivity contribution in [3.8, 4) is 0 Å². The molecule has 7 heteroatoms. The molecule has 118 valence electrons. The van der Waals surface area contributed by atoms with Crippen LogP contribution in [0.3, 0.4) is 0 Å². The third-order valence-electron chi connectivity index (χ3n) is 2.90. The number of carbonyl (C=O) groups excluding carboxylic acids is 2. The van der Waals surface area contributed by atoms with E-state index in [4.69, 9.17) is 4.74 Å². The summed E-state index contributed by atoms with van der Waals surface area (Å²) in [5.74, 6) is -0.0724. The second-order valence-electron chi connectivity index (χ2n) is 6.44. The lowest BCUT2D eigenvalue weighted by molar-refractivity contribution is -0.143. The number of nitrogens with one attached hydrogen (secondary N) is 2. The van der Waals surface area contributed by atoms with Crippen LogP contribution in [0.15, 0.2) is 0 Å². The average Bonchev–Trinajstić information content (AvgIpc) is 2.85. The molecule has 0 aliphatic rings. The van der Waals surface area contributed by atoms with Crippen LogP contribution in [0.25, 0.3) is 0 Å². The molecular weight excluding hydrogens is 272 g/mol. The lowest BCUT2D eigenvalue weighted by Crippen LogP contribution is -2.42. The molecule has 0 aliphatic carbocycles. The van der Waals surface area contributed by atoms with E-state index in [0.29, 0.717) is 12.2 Å². The number of ether oxygens (including phenoxy) is 1. The van der Waals surface area contributed by atoms with Crippen LogP contribution in [0, 0.1) is 5.92 Å². The first-order valence-corrected chi connectivity index (χ1v) is 6.96. The average molecular weight is 296 g/mol. The first-order valence-electron chi connectivity index (χ1n) is 6.96. The Hall–Kier alpha value is -1.92. The molecule has 1 unspecified atom stereocenters. The normalized spacial score (nSPS) is 13.1. The first kappa shape index (κ1) is 17.1. The van der Waals surface area contributed by atoms with Gasteiger partial charge in [0.15, 0.2) is 0 Å². The predicted octanol–water partition coefficient (Wildman–Crippen LogP) is 1.42. The number of aromatic amines is 1. The SMILES string of the molecule is COC(=O)C(CC(C)C)NC(=O)c1n[nH]c(C(C)(C)C)n1. The van der Waals surface area contributed by atoms with Crippen molar-refractivity contribution in [3.05, 3.63) is 11.6 Å². The highest BCUT2D eigenvalue weighted by molar-refractivity contribution is 5.93. The number of hydrogen-bond acceptors (Lipinski definition) is 5. The highest BCUT2D eigenvalue weighted by Gasteiger charge is 2.26. The zero-order chi connectivity index (χ0) is 16.2. The Morgan fingerprint density at radius 3 is 2.38 bits per heavy atom. The molecule has 2 N–H and O–H groups in total. The van der Waals surface area contributed by atoms with E-state index in [0.717, 1.165) is 0 Å². The van der Waals surface area contributed by atoms with Crippen molar-refractivity contribution in [1.82, 2.24) is 20.5 Å². The van der Waals surface area contributed by atoms with Gasteiger partial charge in [-0.2, -0.15) is 0 Å². The molecule has 0 spiro atoms. The van der Waals surface area contributed by atoms with Gasteiger partial charge in [0.1, 0.15) is 11.9 Å². The largest absolute Gasteiger partial charge is 0.467 e. The third-order valence-corrected chi connectivity index (χ3v) is 2.90. The molecule has 1 amide bonds. The Morgan fingerprint density at radius 2 is 1.95 bits per heavy atom. The quantitative estimate of drug-likeness (QED) is 0.801. The summed E-state index contributed by atoms with van der Waals surface area (Å²) in [5.41, 5.74) is -0.231. The van der Waals surface area contributed by atoms with E-state index in [2.05, 4.69) is 20.5 Å². The number of rotatable bonds is 5. The van der Waals surface area contributed by atoms with Crippen LogP contribution in [-0.4, -0.2) is 40.2 Å². The highest BCUT2D eigenvalue weighted by Crippen LogP contribution is 2.17. The Kier molecular flexibility index (Phi) is 5.46. The molecule has 0 saturated heterocycles. The second kappa shape index (κ2) is 6.69.